The van der Waals surface area contributed by atoms with E-state index in [9.17, 15) is 14.4 Å². The van der Waals surface area contributed by atoms with Crippen molar-refractivity contribution in [2.24, 2.45) is 0 Å². The Bertz CT molecular complexity index is 990. The highest BCUT2D eigenvalue weighted by Crippen LogP contribution is 2.37. The zero-order chi connectivity index (χ0) is 21.0. The lowest BCUT2D eigenvalue weighted by Gasteiger charge is -2.14. The predicted octanol–water partition coefficient (Wildman–Crippen LogP) is 2.47. The largest absolute Gasteiger partial charge is 0.493 e. The molecule has 9 heteroatoms. The van der Waals surface area contributed by atoms with Crippen molar-refractivity contribution in [3.05, 3.63) is 58.1 Å². The third-order valence-corrected chi connectivity index (χ3v) is 4.62. The highest BCUT2D eigenvalue weighted by atomic mass is 79.9. The van der Waals surface area contributed by atoms with Crippen LogP contribution in [0.4, 0.5) is 5.69 Å². The third kappa shape index (κ3) is 4.40. The van der Waals surface area contributed by atoms with Gasteiger partial charge in [-0.05, 0) is 51.8 Å². The van der Waals surface area contributed by atoms with Crippen LogP contribution >= 0.6 is 15.9 Å². The summed E-state index contributed by atoms with van der Waals surface area (Å²) in [7, 11) is 2.70. The second kappa shape index (κ2) is 8.78. The van der Waals surface area contributed by atoms with Gasteiger partial charge in [-0.1, -0.05) is 18.2 Å². The summed E-state index contributed by atoms with van der Waals surface area (Å²) in [4.78, 5) is 36.3. The van der Waals surface area contributed by atoms with Crippen LogP contribution < -0.4 is 19.9 Å². The molecule has 29 heavy (non-hydrogen) atoms. The zero-order valence-corrected chi connectivity index (χ0v) is 17.2. The van der Waals surface area contributed by atoms with Crippen molar-refractivity contribution in [3.8, 4) is 11.5 Å². The Labute approximate surface area is 175 Å². The number of halogens is 1. The van der Waals surface area contributed by atoms with Gasteiger partial charge in [-0.15, -0.1) is 0 Å². The fourth-order valence-corrected chi connectivity index (χ4v) is 3.21. The van der Waals surface area contributed by atoms with Crippen LogP contribution in [-0.4, -0.2) is 38.6 Å². The molecule has 0 bridgehead atoms. The van der Waals surface area contributed by atoms with E-state index in [1.54, 1.807) is 36.4 Å². The first-order chi connectivity index (χ1) is 13.9. The normalized spacial score (nSPS) is 14.7. The second-order valence-electron chi connectivity index (χ2n) is 5.87. The number of nitrogens with one attached hydrogen (secondary N) is 1. The van der Waals surface area contributed by atoms with Crippen LogP contribution in [0.5, 0.6) is 11.5 Å². The van der Waals surface area contributed by atoms with Crippen molar-refractivity contribution in [2.75, 3.05) is 25.8 Å². The highest BCUT2D eigenvalue weighted by molar-refractivity contribution is 9.10. The number of anilines is 1. The zero-order valence-electron chi connectivity index (χ0n) is 15.6. The molecule has 3 rings (SSSR count). The number of hydrazine groups is 1. The number of hydrogen-bond acceptors (Lipinski definition) is 6. The van der Waals surface area contributed by atoms with Gasteiger partial charge in [0, 0.05) is 0 Å². The number of hydrogen-bond donors (Lipinski definition) is 1. The average molecular weight is 461 g/mol. The van der Waals surface area contributed by atoms with E-state index in [1.807, 2.05) is 6.07 Å². The van der Waals surface area contributed by atoms with E-state index in [-0.39, 0.29) is 12.2 Å². The minimum absolute atomic E-state index is 0.0222. The molecular weight excluding hydrogens is 444 g/mol. The average Bonchev–Trinajstić information content (AvgIpc) is 3.01. The Morgan fingerprint density at radius 2 is 1.90 bits per heavy atom. The second-order valence-corrected chi connectivity index (χ2v) is 6.73. The molecule has 0 radical (unpaired) electrons. The number of benzene rings is 2. The number of rotatable bonds is 6. The number of esters is 1. The summed E-state index contributed by atoms with van der Waals surface area (Å²) in [5.41, 5.74) is 3.61. The smallest absolute Gasteiger partial charge is 0.343 e. The molecule has 0 atom stereocenters. The van der Waals surface area contributed by atoms with E-state index in [0.29, 0.717) is 27.2 Å². The van der Waals surface area contributed by atoms with E-state index in [4.69, 9.17) is 9.47 Å². The Balaban J connectivity index is 1.89. The van der Waals surface area contributed by atoms with E-state index in [1.165, 1.54) is 25.3 Å². The van der Waals surface area contributed by atoms with Gasteiger partial charge in [0.2, 0.25) is 0 Å². The lowest BCUT2D eigenvalue weighted by Crippen LogP contribution is -2.35. The summed E-state index contributed by atoms with van der Waals surface area (Å²) in [6.07, 6.45) is 1.46. The van der Waals surface area contributed by atoms with E-state index < -0.39 is 17.8 Å². The van der Waals surface area contributed by atoms with Gasteiger partial charge in [0.05, 0.1) is 24.4 Å². The first-order valence-electron chi connectivity index (χ1n) is 8.44. The topological polar surface area (TPSA) is 94.2 Å². The molecule has 8 nitrogen and oxygen atoms in total. The fourth-order valence-electron chi connectivity index (χ4n) is 2.64. The van der Waals surface area contributed by atoms with E-state index >= 15 is 0 Å². The summed E-state index contributed by atoms with van der Waals surface area (Å²) in [5.74, 6) is -0.907. The molecule has 150 valence electrons. The first-order valence-corrected chi connectivity index (χ1v) is 9.23. The molecule has 2 aromatic carbocycles. The molecule has 0 spiro atoms. The van der Waals surface area contributed by atoms with Crippen molar-refractivity contribution < 1.29 is 28.6 Å². The molecule has 0 aromatic heterocycles. The molecule has 2 aromatic rings. The van der Waals surface area contributed by atoms with Crippen LogP contribution in [-0.2, 0) is 19.1 Å². The molecular formula is C20H17BrN2O6. The maximum Gasteiger partial charge on any atom is 0.343 e. The number of ether oxygens (including phenoxy) is 3. The molecule has 0 saturated carbocycles. The Morgan fingerprint density at radius 3 is 2.55 bits per heavy atom. The van der Waals surface area contributed by atoms with Crippen LogP contribution in [0.2, 0.25) is 0 Å². The minimum Gasteiger partial charge on any atom is -0.493 e. The van der Waals surface area contributed by atoms with E-state index in [0.717, 1.165) is 0 Å². The number of para-hydroxylation sites is 1. The van der Waals surface area contributed by atoms with E-state index in [2.05, 4.69) is 26.1 Å². The summed E-state index contributed by atoms with van der Waals surface area (Å²) in [6, 6.07) is 12.0. The number of carbonyl (C=O) groups is 3. The molecule has 1 saturated heterocycles. The Kier molecular flexibility index (Phi) is 6.18. The number of carbonyl (C=O) groups excluding carboxylic acids is 3. The van der Waals surface area contributed by atoms with Crippen molar-refractivity contribution in [1.82, 2.24) is 5.43 Å². The number of nitrogens with zero attached hydrogens (tertiary/aromatic N) is 1. The van der Waals surface area contributed by atoms with Crippen LogP contribution in [0, 0.1) is 0 Å². The van der Waals surface area contributed by atoms with Gasteiger partial charge in [-0.3, -0.25) is 15.0 Å². The molecule has 1 heterocycles. The van der Waals surface area contributed by atoms with Gasteiger partial charge < -0.3 is 14.2 Å². The molecule has 0 aliphatic carbocycles. The van der Waals surface area contributed by atoms with Gasteiger partial charge in [-0.25, -0.2) is 9.80 Å². The standard InChI is InChI=1S/C20H17BrN2O6/c1-27-16-10-12(9-15(21)18(16)29-11-17(24)28-2)8-14-19(25)22-23(20(14)26)13-6-4-3-5-7-13/h3-10H,11H2,1-2H3,(H,22,25). The first kappa shape index (κ1) is 20.4. The van der Waals surface area contributed by atoms with Crippen molar-refractivity contribution in [3.63, 3.8) is 0 Å². The van der Waals surface area contributed by atoms with Crippen LogP contribution in [0.25, 0.3) is 6.08 Å². The maximum atomic E-state index is 12.7. The van der Waals surface area contributed by atoms with Crippen molar-refractivity contribution in [2.45, 2.75) is 0 Å². The summed E-state index contributed by atoms with van der Waals surface area (Å²) in [5, 5.41) is 1.19. The van der Waals surface area contributed by atoms with Gasteiger partial charge in [0.1, 0.15) is 5.57 Å². The lowest BCUT2D eigenvalue weighted by molar-refractivity contribution is -0.143. The van der Waals surface area contributed by atoms with Crippen molar-refractivity contribution >= 4 is 45.5 Å². The Hall–Kier alpha value is -3.33. The van der Waals surface area contributed by atoms with Crippen LogP contribution in [0.3, 0.4) is 0 Å². The van der Waals surface area contributed by atoms with Gasteiger partial charge >= 0.3 is 5.97 Å². The molecule has 1 fully saturated rings. The number of methoxy groups -OCH3 is 2. The minimum atomic E-state index is -0.542. The quantitative estimate of drug-likeness (QED) is 0.404. The molecule has 1 N–H and O–H groups in total. The van der Waals surface area contributed by atoms with Gasteiger partial charge in [0.25, 0.3) is 11.8 Å². The SMILES string of the molecule is COC(=O)COc1c(Br)cc(C=C2C(=O)NN(c3ccccc3)C2=O)cc1OC. The van der Waals surface area contributed by atoms with Gasteiger partial charge in [0.15, 0.2) is 18.1 Å². The predicted molar refractivity (Wildman–Crippen MR) is 108 cm³/mol. The molecule has 2 amide bonds. The molecule has 0 unspecified atom stereocenters. The van der Waals surface area contributed by atoms with Crippen LogP contribution in [0.1, 0.15) is 5.56 Å². The summed E-state index contributed by atoms with van der Waals surface area (Å²) in [6.45, 7) is -0.293. The number of amides is 2. The third-order valence-electron chi connectivity index (χ3n) is 4.03. The Morgan fingerprint density at radius 1 is 1.17 bits per heavy atom. The lowest BCUT2D eigenvalue weighted by atomic mass is 10.1. The molecule has 1 aliphatic rings. The summed E-state index contributed by atoms with van der Waals surface area (Å²) >= 11 is 3.36. The molecule has 1 aliphatic heterocycles. The van der Waals surface area contributed by atoms with Gasteiger partial charge in [-0.2, -0.15) is 0 Å². The fraction of sp³-hybridized carbons (Fsp3) is 0.150. The maximum absolute atomic E-state index is 12.7. The van der Waals surface area contributed by atoms with Crippen LogP contribution in [0.15, 0.2) is 52.5 Å². The highest BCUT2D eigenvalue weighted by Gasteiger charge is 2.34. The summed E-state index contributed by atoms with van der Waals surface area (Å²) < 4.78 is 15.8. The van der Waals surface area contributed by atoms with Crippen molar-refractivity contribution in [1.29, 1.82) is 0 Å². The monoisotopic (exact) mass is 460 g/mol.